The lowest BCUT2D eigenvalue weighted by molar-refractivity contribution is 0.513. The third kappa shape index (κ3) is 2.06. The van der Waals surface area contributed by atoms with Crippen molar-refractivity contribution in [2.24, 2.45) is 5.73 Å². The van der Waals surface area contributed by atoms with Crippen LogP contribution in [0, 0.1) is 18.6 Å². The summed E-state index contributed by atoms with van der Waals surface area (Å²) in [5.41, 5.74) is 7.86. The van der Waals surface area contributed by atoms with Gasteiger partial charge in [-0.3, -0.25) is 4.98 Å². The van der Waals surface area contributed by atoms with Gasteiger partial charge in [0.05, 0.1) is 11.9 Å². The molecule has 1 unspecified atom stereocenters. The van der Waals surface area contributed by atoms with Gasteiger partial charge >= 0.3 is 0 Å². The first kappa shape index (κ1) is 12.7. The minimum atomic E-state index is -0.619. The largest absolute Gasteiger partial charge is 0.459 e. The monoisotopic (exact) mass is 274 g/mol. The van der Waals surface area contributed by atoms with Crippen molar-refractivity contribution in [2.75, 3.05) is 0 Å². The molecule has 3 nitrogen and oxygen atoms in total. The van der Waals surface area contributed by atoms with E-state index in [2.05, 4.69) is 4.98 Å². The number of hydrogen-bond acceptors (Lipinski definition) is 3. The van der Waals surface area contributed by atoms with Crippen LogP contribution < -0.4 is 5.73 Å². The van der Waals surface area contributed by atoms with E-state index in [1.54, 1.807) is 6.07 Å². The highest BCUT2D eigenvalue weighted by Crippen LogP contribution is 2.31. The van der Waals surface area contributed by atoms with Crippen LogP contribution in [0.15, 0.2) is 40.9 Å². The van der Waals surface area contributed by atoms with Crippen LogP contribution >= 0.6 is 0 Å². The van der Waals surface area contributed by atoms with E-state index in [0.29, 0.717) is 17.0 Å². The van der Waals surface area contributed by atoms with Crippen LogP contribution in [-0.2, 0) is 0 Å². The quantitative estimate of drug-likeness (QED) is 0.778. The zero-order valence-corrected chi connectivity index (χ0v) is 10.7. The number of benzene rings is 1. The van der Waals surface area contributed by atoms with Crippen molar-refractivity contribution in [3.63, 3.8) is 0 Å². The Hall–Kier alpha value is -2.27. The van der Waals surface area contributed by atoms with Gasteiger partial charge in [0.1, 0.15) is 29.0 Å². The van der Waals surface area contributed by atoms with Crippen molar-refractivity contribution in [1.82, 2.24) is 4.98 Å². The molecule has 0 aliphatic heterocycles. The van der Waals surface area contributed by atoms with Crippen LogP contribution in [0.4, 0.5) is 8.78 Å². The number of halogens is 2. The molecule has 2 aromatic heterocycles. The van der Waals surface area contributed by atoms with Crippen molar-refractivity contribution in [2.45, 2.75) is 13.0 Å². The van der Waals surface area contributed by atoms with Gasteiger partial charge < -0.3 is 10.2 Å². The lowest BCUT2D eigenvalue weighted by Crippen LogP contribution is -2.13. The summed E-state index contributed by atoms with van der Waals surface area (Å²) in [6.45, 7) is 1.85. The van der Waals surface area contributed by atoms with Gasteiger partial charge in [0.15, 0.2) is 0 Å². The maximum absolute atomic E-state index is 13.2. The summed E-state index contributed by atoms with van der Waals surface area (Å²) in [6.07, 6.45) is 1.10. The molecule has 1 atom stereocenters. The van der Waals surface area contributed by atoms with E-state index in [0.717, 1.165) is 17.1 Å². The third-order valence-corrected chi connectivity index (χ3v) is 3.29. The molecule has 0 bridgehead atoms. The maximum Gasteiger partial charge on any atom is 0.141 e. The molecule has 0 saturated heterocycles. The highest BCUT2D eigenvalue weighted by Gasteiger charge is 2.20. The first-order valence-corrected chi connectivity index (χ1v) is 6.12. The molecule has 0 radical (unpaired) electrons. The Bertz CT molecular complexity index is 765. The molecule has 20 heavy (non-hydrogen) atoms. The number of nitrogens with two attached hydrogens (primary N) is 1. The van der Waals surface area contributed by atoms with E-state index in [1.807, 2.05) is 6.92 Å². The van der Waals surface area contributed by atoms with Gasteiger partial charge in [-0.2, -0.15) is 0 Å². The van der Waals surface area contributed by atoms with E-state index >= 15 is 0 Å². The Labute approximate surface area is 114 Å². The van der Waals surface area contributed by atoms with Gasteiger partial charge in [0.2, 0.25) is 0 Å². The fourth-order valence-corrected chi connectivity index (χ4v) is 2.22. The Morgan fingerprint density at radius 1 is 1.15 bits per heavy atom. The number of nitrogens with zero attached hydrogens (tertiary/aromatic N) is 1. The fraction of sp³-hybridized carbons (Fsp3) is 0.133. The van der Waals surface area contributed by atoms with Crippen molar-refractivity contribution in [3.8, 4) is 0 Å². The van der Waals surface area contributed by atoms with Gasteiger partial charge in [0.25, 0.3) is 0 Å². The Morgan fingerprint density at radius 3 is 2.60 bits per heavy atom. The number of aromatic nitrogens is 1. The van der Waals surface area contributed by atoms with Gasteiger partial charge in [0, 0.05) is 17.0 Å². The summed E-state index contributed by atoms with van der Waals surface area (Å²) in [5, 5.41) is 0.805. The molecule has 3 rings (SSSR count). The molecule has 1 aromatic carbocycles. The van der Waals surface area contributed by atoms with Crippen molar-refractivity contribution >= 4 is 11.0 Å². The summed E-state index contributed by atoms with van der Waals surface area (Å²) in [5.74, 6) is -0.291. The highest BCUT2D eigenvalue weighted by atomic mass is 19.1. The predicted molar refractivity (Wildman–Crippen MR) is 71.1 cm³/mol. The molecular formula is C15H12F2N2O. The smallest absolute Gasteiger partial charge is 0.141 e. The SMILES string of the molecule is Cc1c(C(N)c2ccc(F)cn2)oc2cc(F)ccc12. The molecule has 0 aliphatic rings. The molecular weight excluding hydrogens is 262 g/mol. The number of pyridine rings is 1. The number of aryl methyl sites for hydroxylation is 1. The van der Waals surface area contributed by atoms with E-state index < -0.39 is 11.9 Å². The number of fused-ring (bicyclic) bond motifs is 1. The Balaban J connectivity index is 2.09. The average Bonchev–Trinajstić information content (AvgIpc) is 2.75. The summed E-state index contributed by atoms with van der Waals surface area (Å²) >= 11 is 0. The van der Waals surface area contributed by atoms with Crippen LogP contribution in [0.3, 0.4) is 0 Å². The van der Waals surface area contributed by atoms with E-state index in [9.17, 15) is 8.78 Å². The number of furan rings is 1. The minimum Gasteiger partial charge on any atom is -0.459 e. The second-order valence-electron chi connectivity index (χ2n) is 4.61. The molecule has 0 amide bonds. The predicted octanol–water partition coefficient (Wildman–Crippen LogP) is 3.46. The molecule has 0 spiro atoms. The normalized spacial score (nSPS) is 12.8. The lowest BCUT2D eigenvalue weighted by atomic mass is 10.1. The second-order valence-corrected chi connectivity index (χ2v) is 4.61. The molecule has 2 N–H and O–H groups in total. The second kappa shape index (κ2) is 4.68. The zero-order chi connectivity index (χ0) is 14.3. The summed E-state index contributed by atoms with van der Waals surface area (Å²) in [7, 11) is 0. The van der Waals surface area contributed by atoms with E-state index in [-0.39, 0.29) is 5.82 Å². The van der Waals surface area contributed by atoms with Crippen LogP contribution in [0.2, 0.25) is 0 Å². The summed E-state index contributed by atoms with van der Waals surface area (Å²) < 4.78 is 31.7. The molecule has 102 valence electrons. The number of hydrogen-bond donors (Lipinski definition) is 1. The molecule has 2 heterocycles. The molecule has 0 fully saturated rings. The molecule has 3 aromatic rings. The summed E-state index contributed by atoms with van der Waals surface area (Å²) in [6, 6.07) is 6.52. The number of rotatable bonds is 2. The molecule has 0 aliphatic carbocycles. The van der Waals surface area contributed by atoms with Crippen molar-refractivity contribution in [1.29, 1.82) is 0 Å². The standard InChI is InChI=1S/C15H12F2N2O/c1-8-11-4-2-9(16)6-13(11)20-15(8)14(18)12-5-3-10(17)7-19-12/h2-7,14H,18H2,1H3. The third-order valence-electron chi connectivity index (χ3n) is 3.29. The topological polar surface area (TPSA) is 52.0 Å². The molecule has 5 heteroatoms. The maximum atomic E-state index is 13.2. The minimum absolute atomic E-state index is 0.369. The zero-order valence-electron chi connectivity index (χ0n) is 10.7. The first-order chi connectivity index (χ1) is 9.56. The first-order valence-electron chi connectivity index (χ1n) is 6.12. The van der Waals surface area contributed by atoms with Gasteiger partial charge in [-0.15, -0.1) is 0 Å². The Morgan fingerprint density at radius 2 is 1.90 bits per heavy atom. The van der Waals surface area contributed by atoms with Crippen LogP contribution in [-0.4, -0.2) is 4.98 Å². The van der Waals surface area contributed by atoms with Crippen molar-refractivity contribution in [3.05, 3.63) is 65.2 Å². The Kier molecular flexibility index (Phi) is 2.99. The average molecular weight is 274 g/mol. The van der Waals surface area contributed by atoms with Crippen LogP contribution in [0.1, 0.15) is 23.1 Å². The highest BCUT2D eigenvalue weighted by molar-refractivity contribution is 5.82. The van der Waals surface area contributed by atoms with Gasteiger partial charge in [-0.1, -0.05) is 0 Å². The van der Waals surface area contributed by atoms with E-state index in [1.165, 1.54) is 24.3 Å². The molecule has 0 saturated carbocycles. The van der Waals surface area contributed by atoms with Crippen LogP contribution in [0.25, 0.3) is 11.0 Å². The van der Waals surface area contributed by atoms with Crippen LogP contribution in [0.5, 0.6) is 0 Å². The fourth-order valence-electron chi connectivity index (χ4n) is 2.22. The van der Waals surface area contributed by atoms with Gasteiger partial charge in [-0.05, 0) is 31.2 Å². The van der Waals surface area contributed by atoms with Crippen molar-refractivity contribution < 1.29 is 13.2 Å². The van der Waals surface area contributed by atoms with E-state index in [4.69, 9.17) is 10.2 Å². The lowest BCUT2D eigenvalue weighted by Gasteiger charge is -2.09. The van der Waals surface area contributed by atoms with Gasteiger partial charge in [-0.25, -0.2) is 8.78 Å². The summed E-state index contributed by atoms with van der Waals surface area (Å²) in [4.78, 5) is 3.95.